The Morgan fingerprint density at radius 3 is 2.18 bits per heavy atom. The van der Waals surface area contributed by atoms with Gasteiger partial charge in [0, 0.05) is 6.54 Å². The molecule has 58 valence electrons. The molecular weight excluding hydrogens is 133 g/mol. The molecule has 0 aliphatic rings. The molecule has 0 aliphatic heterocycles. The van der Waals surface area contributed by atoms with Gasteiger partial charge in [-0.2, -0.15) is 0 Å². The molecule has 1 aromatic rings. The van der Waals surface area contributed by atoms with E-state index in [1.54, 1.807) is 0 Å². The highest BCUT2D eigenvalue weighted by molar-refractivity contribution is 6.32. The maximum atomic E-state index is 2.18. The summed E-state index contributed by atoms with van der Waals surface area (Å²) in [6.07, 6.45) is 0. The molecule has 0 spiro atoms. The van der Waals surface area contributed by atoms with Gasteiger partial charge in [0.05, 0.1) is 0 Å². The first-order chi connectivity index (χ1) is 5.18. The van der Waals surface area contributed by atoms with Crippen molar-refractivity contribution in [3.05, 3.63) is 29.8 Å². The summed E-state index contributed by atoms with van der Waals surface area (Å²) in [7, 11) is 6.28. The Hall–Kier alpha value is -0.755. The molecule has 2 heteroatoms. The third kappa shape index (κ3) is 2.77. The highest BCUT2D eigenvalue weighted by atomic mass is 15.0. The van der Waals surface area contributed by atoms with Crippen LogP contribution < -0.4 is 5.46 Å². The molecule has 0 aliphatic carbocycles. The fourth-order valence-electron chi connectivity index (χ4n) is 1.06. The zero-order chi connectivity index (χ0) is 8.27. The van der Waals surface area contributed by atoms with Crippen LogP contribution in [0.3, 0.4) is 0 Å². The molecule has 1 rings (SSSR count). The van der Waals surface area contributed by atoms with Gasteiger partial charge < -0.3 is 4.90 Å². The predicted octanol–water partition coefficient (Wildman–Crippen LogP) is 0.00660. The number of nitrogens with zero attached hydrogens (tertiary/aromatic N) is 1. The molecule has 1 aromatic carbocycles. The van der Waals surface area contributed by atoms with E-state index in [4.69, 9.17) is 0 Å². The van der Waals surface area contributed by atoms with Crippen molar-refractivity contribution in [3.8, 4) is 0 Å². The molecule has 0 saturated heterocycles. The Labute approximate surface area is 69.4 Å². The van der Waals surface area contributed by atoms with Gasteiger partial charge in [-0.25, -0.2) is 0 Å². The van der Waals surface area contributed by atoms with Gasteiger partial charge in [-0.05, 0) is 19.7 Å². The summed E-state index contributed by atoms with van der Waals surface area (Å²) >= 11 is 0. The standard InChI is InChI=1S/C9H14BN/c1-11(2)7-8-3-5-9(10)6-4-8/h3-6H,7,10H2,1-2H3. The largest absolute Gasteiger partial charge is 0.305 e. The van der Waals surface area contributed by atoms with Gasteiger partial charge in [0.1, 0.15) is 7.85 Å². The molecule has 0 bridgehead atoms. The second-order valence-corrected chi connectivity index (χ2v) is 3.22. The first-order valence-electron chi connectivity index (χ1n) is 3.89. The number of hydrogen-bond donors (Lipinski definition) is 0. The first-order valence-corrected chi connectivity index (χ1v) is 3.89. The fourth-order valence-corrected chi connectivity index (χ4v) is 1.06. The van der Waals surface area contributed by atoms with E-state index >= 15 is 0 Å². The van der Waals surface area contributed by atoms with Gasteiger partial charge in [0.2, 0.25) is 0 Å². The Bertz CT molecular complexity index is 216. The topological polar surface area (TPSA) is 3.24 Å². The Kier molecular flexibility index (Phi) is 2.72. The number of benzene rings is 1. The van der Waals surface area contributed by atoms with E-state index in [2.05, 4.69) is 51.1 Å². The molecule has 11 heavy (non-hydrogen) atoms. The van der Waals surface area contributed by atoms with Gasteiger partial charge in [-0.15, -0.1) is 0 Å². The normalized spacial score (nSPS) is 10.5. The van der Waals surface area contributed by atoms with E-state index in [1.165, 1.54) is 11.0 Å². The number of rotatable bonds is 2. The molecule has 0 saturated carbocycles. The fraction of sp³-hybridized carbons (Fsp3) is 0.333. The average molecular weight is 147 g/mol. The van der Waals surface area contributed by atoms with Gasteiger partial charge in [-0.3, -0.25) is 0 Å². The Morgan fingerprint density at radius 2 is 1.73 bits per heavy atom. The van der Waals surface area contributed by atoms with Crippen LogP contribution in [0.2, 0.25) is 0 Å². The second kappa shape index (κ2) is 3.58. The Balaban J connectivity index is 2.66. The molecule has 0 aromatic heterocycles. The SMILES string of the molecule is Bc1ccc(CN(C)C)cc1. The minimum absolute atomic E-state index is 1.03. The zero-order valence-corrected chi connectivity index (χ0v) is 7.46. The summed E-state index contributed by atoms with van der Waals surface area (Å²) in [5.74, 6) is 0. The Morgan fingerprint density at radius 1 is 1.18 bits per heavy atom. The first kappa shape index (κ1) is 8.34. The second-order valence-electron chi connectivity index (χ2n) is 3.22. The van der Waals surface area contributed by atoms with Crippen LogP contribution in [-0.4, -0.2) is 26.8 Å². The highest BCUT2D eigenvalue weighted by Crippen LogP contribution is 1.98. The molecule has 0 amide bonds. The molecular formula is C9H14BN. The minimum Gasteiger partial charge on any atom is -0.305 e. The lowest BCUT2D eigenvalue weighted by atomic mass is 9.95. The highest BCUT2D eigenvalue weighted by Gasteiger charge is 1.92. The van der Waals surface area contributed by atoms with Crippen LogP contribution in [0.1, 0.15) is 5.56 Å². The summed E-state index contributed by atoms with van der Waals surface area (Å²) in [5, 5.41) is 0. The molecule has 0 N–H and O–H groups in total. The maximum absolute atomic E-state index is 2.18. The van der Waals surface area contributed by atoms with Crippen molar-refractivity contribution in [2.75, 3.05) is 14.1 Å². The summed E-state index contributed by atoms with van der Waals surface area (Å²) in [6, 6.07) is 8.66. The average Bonchev–Trinajstić information content (AvgIpc) is 1.93. The third-order valence-electron chi connectivity index (χ3n) is 1.62. The van der Waals surface area contributed by atoms with Crippen molar-refractivity contribution in [3.63, 3.8) is 0 Å². The van der Waals surface area contributed by atoms with Gasteiger partial charge in [-0.1, -0.05) is 29.7 Å². The summed E-state index contributed by atoms with van der Waals surface area (Å²) in [6.45, 7) is 1.03. The van der Waals surface area contributed by atoms with Crippen LogP contribution in [0.25, 0.3) is 0 Å². The predicted molar refractivity (Wildman–Crippen MR) is 52.0 cm³/mol. The van der Waals surface area contributed by atoms with Crippen LogP contribution in [0.4, 0.5) is 0 Å². The quantitative estimate of drug-likeness (QED) is 0.532. The molecule has 0 radical (unpaired) electrons. The van der Waals surface area contributed by atoms with Crippen LogP contribution in [0.5, 0.6) is 0 Å². The molecule has 0 atom stereocenters. The maximum Gasteiger partial charge on any atom is 0.139 e. The van der Waals surface area contributed by atoms with E-state index in [1.807, 2.05) is 0 Å². The van der Waals surface area contributed by atoms with E-state index in [0.717, 1.165) is 6.54 Å². The van der Waals surface area contributed by atoms with Crippen LogP contribution in [-0.2, 0) is 6.54 Å². The van der Waals surface area contributed by atoms with Crippen molar-refractivity contribution in [1.29, 1.82) is 0 Å². The summed E-state index contributed by atoms with van der Waals surface area (Å²) < 4.78 is 0. The summed E-state index contributed by atoms with van der Waals surface area (Å²) in [4.78, 5) is 2.17. The monoisotopic (exact) mass is 147 g/mol. The van der Waals surface area contributed by atoms with Crippen LogP contribution >= 0.6 is 0 Å². The van der Waals surface area contributed by atoms with E-state index in [9.17, 15) is 0 Å². The van der Waals surface area contributed by atoms with Crippen molar-refractivity contribution >= 4 is 13.3 Å². The molecule has 0 unspecified atom stereocenters. The van der Waals surface area contributed by atoms with Crippen molar-refractivity contribution in [2.24, 2.45) is 0 Å². The number of hydrogen-bond acceptors (Lipinski definition) is 1. The molecule has 0 heterocycles. The summed E-state index contributed by atoms with van der Waals surface area (Å²) in [5.41, 5.74) is 2.70. The van der Waals surface area contributed by atoms with Gasteiger partial charge in [0.15, 0.2) is 0 Å². The van der Waals surface area contributed by atoms with Crippen LogP contribution in [0, 0.1) is 0 Å². The van der Waals surface area contributed by atoms with E-state index in [0.29, 0.717) is 0 Å². The lowest BCUT2D eigenvalue weighted by Crippen LogP contribution is -2.11. The van der Waals surface area contributed by atoms with Crippen molar-refractivity contribution in [1.82, 2.24) is 4.90 Å². The van der Waals surface area contributed by atoms with Crippen molar-refractivity contribution < 1.29 is 0 Å². The third-order valence-corrected chi connectivity index (χ3v) is 1.62. The van der Waals surface area contributed by atoms with Crippen LogP contribution in [0.15, 0.2) is 24.3 Å². The van der Waals surface area contributed by atoms with Crippen molar-refractivity contribution in [2.45, 2.75) is 6.54 Å². The zero-order valence-electron chi connectivity index (χ0n) is 7.46. The molecule has 1 nitrogen and oxygen atoms in total. The smallest absolute Gasteiger partial charge is 0.139 e. The lowest BCUT2D eigenvalue weighted by molar-refractivity contribution is 0.402. The van der Waals surface area contributed by atoms with E-state index < -0.39 is 0 Å². The molecule has 0 fully saturated rings. The minimum atomic E-state index is 1.03. The lowest BCUT2D eigenvalue weighted by Gasteiger charge is -2.08. The van der Waals surface area contributed by atoms with Gasteiger partial charge >= 0.3 is 0 Å². The van der Waals surface area contributed by atoms with E-state index in [-0.39, 0.29) is 0 Å². The van der Waals surface area contributed by atoms with Gasteiger partial charge in [0.25, 0.3) is 0 Å².